The van der Waals surface area contributed by atoms with E-state index in [1.165, 1.54) is 0 Å². The zero-order valence-electron chi connectivity index (χ0n) is 14.1. The Balaban J connectivity index is 1.66. The van der Waals surface area contributed by atoms with E-state index < -0.39 is 0 Å². The summed E-state index contributed by atoms with van der Waals surface area (Å²) >= 11 is 0. The van der Waals surface area contributed by atoms with Gasteiger partial charge in [-0.3, -0.25) is 9.59 Å². The predicted molar refractivity (Wildman–Crippen MR) is 99.2 cm³/mol. The highest BCUT2D eigenvalue weighted by Gasteiger charge is 2.20. The summed E-state index contributed by atoms with van der Waals surface area (Å²) in [5.41, 5.74) is 2.08. The molecule has 128 valence electrons. The van der Waals surface area contributed by atoms with Crippen LogP contribution in [0.3, 0.4) is 0 Å². The molecule has 0 fully saturated rings. The minimum absolute atomic E-state index is 0.0207. The molecule has 1 aliphatic rings. The Hall–Kier alpha value is -2.88. The van der Waals surface area contributed by atoms with Gasteiger partial charge in [0.25, 0.3) is 5.91 Å². The lowest BCUT2D eigenvalue weighted by atomic mass is 9.93. The first-order valence-electron chi connectivity index (χ1n) is 8.61. The van der Waals surface area contributed by atoms with Crippen molar-refractivity contribution in [2.75, 3.05) is 5.32 Å². The number of para-hydroxylation sites is 1. The average molecular weight is 334 g/mol. The van der Waals surface area contributed by atoms with Crippen LogP contribution in [0.5, 0.6) is 0 Å². The zero-order chi connectivity index (χ0) is 17.5. The maximum Gasteiger partial charge on any atom is 0.253 e. The summed E-state index contributed by atoms with van der Waals surface area (Å²) in [7, 11) is 0. The quantitative estimate of drug-likeness (QED) is 0.815. The third-order valence-corrected chi connectivity index (χ3v) is 4.37. The molecule has 1 atom stereocenters. The van der Waals surface area contributed by atoms with Crippen LogP contribution in [0.15, 0.2) is 66.7 Å². The Kier molecular flexibility index (Phi) is 5.62. The summed E-state index contributed by atoms with van der Waals surface area (Å²) < 4.78 is 0. The number of amides is 2. The molecule has 25 heavy (non-hydrogen) atoms. The number of anilines is 1. The number of hydrogen-bond donors (Lipinski definition) is 2. The lowest BCUT2D eigenvalue weighted by Crippen LogP contribution is -2.27. The Bertz CT molecular complexity index is 768. The molecule has 4 nitrogen and oxygen atoms in total. The highest BCUT2D eigenvalue weighted by molar-refractivity contribution is 6.04. The van der Waals surface area contributed by atoms with Gasteiger partial charge in [-0.2, -0.15) is 0 Å². The van der Waals surface area contributed by atoms with Gasteiger partial charge in [0, 0.05) is 12.5 Å². The van der Waals surface area contributed by atoms with E-state index in [0.717, 1.165) is 24.8 Å². The first kappa shape index (κ1) is 17.0. The van der Waals surface area contributed by atoms with Crippen LogP contribution in [-0.4, -0.2) is 11.8 Å². The first-order valence-corrected chi connectivity index (χ1v) is 8.61. The second-order valence-corrected chi connectivity index (χ2v) is 6.18. The molecule has 3 rings (SSSR count). The van der Waals surface area contributed by atoms with E-state index in [4.69, 9.17) is 0 Å². The molecule has 2 aromatic rings. The van der Waals surface area contributed by atoms with Crippen molar-refractivity contribution in [3.8, 4) is 0 Å². The fourth-order valence-electron chi connectivity index (χ4n) is 2.93. The summed E-state index contributed by atoms with van der Waals surface area (Å²) in [4.78, 5) is 25.0. The first-order chi connectivity index (χ1) is 12.2. The summed E-state index contributed by atoms with van der Waals surface area (Å²) in [5, 5.41) is 5.83. The van der Waals surface area contributed by atoms with Gasteiger partial charge < -0.3 is 10.6 Å². The highest BCUT2D eigenvalue weighted by Crippen LogP contribution is 2.22. The number of carbonyl (C=O) groups excluding carboxylic acids is 2. The number of carbonyl (C=O) groups is 2. The van der Waals surface area contributed by atoms with Gasteiger partial charge in [-0.05, 0) is 37.0 Å². The fraction of sp³-hybridized carbons (Fsp3) is 0.238. The fourth-order valence-corrected chi connectivity index (χ4v) is 2.93. The van der Waals surface area contributed by atoms with Gasteiger partial charge in [0.1, 0.15) is 0 Å². The van der Waals surface area contributed by atoms with Crippen LogP contribution in [0.25, 0.3) is 0 Å². The summed E-state index contributed by atoms with van der Waals surface area (Å²) in [6, 6.07) is 16.9. The average Bonchev–Trinajstić information content (AvgIpc) is 2.68. The van der Waals surface area contributed by atoms with E-state index in [1.807, 2.05) is 42.5 Å². The molecule has 0 saturated heterocycles. The molecular formula is C21H22N2O2. The molecule has 0 saturated carbocycles. The minimum atomic E-state index is -0.191. The maximum atomic E-state index is 12.5. The number of hydrogen-bond acceptors (Lipinski definition) is 2. The van der Waals surface area contributed by atoms with Gasteiger partial charge >= 0.3 is 0 Å². The molecule has 0 aliphatic heterocycles. The van der Waals surface area contributed by atoms with Crippen molar-refractivity contribution in [2.45, 2.75) is 25.8 Å². The van der Waals surface area contributed by atoms with Gasteiger partial charge in [0.15, 0.2) is 0 Å². The highest BCUT2D eigenvalue weighted by atomic mass is 16.2. The van der Waals surface area contributed by atoms with Crippen LogP contribution in [0.1, 0.15) is 35.2 Å². The third-order valence-electron chi connectivity index (χ3n) is 4.37. The number of rotatable bonds is 5. The smallest absolute Gasteiger partial charge is 0.253 e. The monoisotopic (exact) mass is 334 g/mol. The van der Waals surface area contributed by atoms with E-state index in [9.17, 15) is 9.59 Å². The number of benzene rings is 2. The van der Waals surface area contributed by atoms with Gasteiger partial charge in [0.2, 0.25) is 5.91 Å². The van der Waals surface area contributed by atoms with E-state index in [-0.39, 0.29) is 17.7 Å². The molecule has 1 unspecified atom stereocenters. The van der Waals surface area contributed by atoms with Crippen LogP contribution < -0.4 is 10.6 Å². The van der Waals surface area contributed by atoms with Crippen molar-refractivity contribution in [1.29, 1.82) is 0 Å². The minimum Gasteiger partial charge on any atom is -0.348 e. The van der Waals surface area contributed by atoms with E-state index in [2.05, 4.69) is 16.7 Å². The van der Waals surface area contributed by atoms with Crippen LogP contribution in [-0.2, 0) is 11.3 Å². The number of allylic oxidation sites excluding steroid dienone is 2. The van der Waals surface area contributed by atoms with Crippen molar-refractivity contribution in [3.63, 3.8) is 0 Å². The lowest BCUT2D eigenvalue weighted by molar-refractivity contribution is -0.120. The van der Waals surface area contributed by atoms with Crippen molar-refractivity contribution < 1.29 is 9.59 Å². The second kappa shape index (κ2) is 8.29. The van der Waals surface area contributed by atoms with Crippen molar-refractivity contribution >= 4 is 17.5 Å². The Morgan fingerprint density at radius 2 is 1.72 bits per heavy atom. The second-order valence-electron chi connectivity index (χ2n) is 6.18. The van der Waals surface area contributed by atoms with Crippen LogP contribution >= 0.6 is 0 Å². The molecule has 1 aliphatic carbocycles. The molecular weight excluding hydrogens is 312 g/mol. The largest absolute Gasteiger partial charge is 0.348 e. The van der Waals surface area contributed by atoms with E-state index >= 15 is 0 Å². The molecule has 0 bridgehead atoms. The molecule has 2 aromatic carbocycles. The summed E-state index contributed by atoms with van der Waals surface area (Å²) in [6.45, 7) is 0.454. The summed E-state index contributed by atoms with van der Waals surface area (Å²) in [5.74, 6) is -0.235. The lowest BCUT2D eigenvalue weighted by Gasteiger charge is -2.18. The van der Waals surface area contributed by atoms with Crippen molar-refractivity contribution in [1.82, 2.24) is 5.32 Å². The molecule has 0 spiro atoms. The van der Waals surface area contributed by atoms with Gasteiger partial charge in [-0.25, -0.2) is 0 Å². The van der Waals surface area contributed by atoms with Crippen molar-refractivity contribution in [3.05, 3.63) is 77.9 Å². The topological polar surface area (TPSA) is 58.2 Å². The Labute approximate surface area is 148 Å². The van der Waals surface area contributed by atoms with Crippen LogP contribution in [0.4, 0.5) is 5.69 Å². The molecule has 0 heterocycles. The maximum absolute atomic E-state index is 12.5. The Morgan fingerprint density at radius 1 is 0.960 bits per heavy atom. The van der Waals surface area contributed by atoms with E-state index in [0.29, 0.717) is 17.8 Å². The SMILES string of the molecule is O=C(NCc1ccccc1)c1ccccc1NC(=O)C1CC=CCC1. The molecule has 0 aromatic heterocycles. The van der Waals surface area contributed by atoms with Gasteiger partial charge in [-0.15, -0.1) is 0 Å². The third kappa shape index (κ3) is 4.57. The van der Waals surface area contributed by atoms with Crippen molar-refractivity contribution in [2.24, 2.45) is 5.92 Å². The van der Waals surface area contributed by atoms with Gasteiger partial charge in [-0.1, -0.05) is 54.6 Å². The standard InChI is InChI=1S/C21H22N2O2/c24-20(17-11-5-2-6-12-17)23-19-14-8-7-13-18(19)21(25)22-15-16-9-3-1-4-10-16/h1-5,7-10,13-14,17H,6,11-12,15H2,(H,22,25)(H,23,24). The molecule has 2 N–H and O–H groups in total. The van der Waals surface area contributed by atoms with Crippen LogP contribution in [0.2, 0.25) is 0 Å². The van der Waals surface area contributed by atoms with Gasteiger partial charge in [0.05, 0.1) is 11.3 Å². The normalized spacial score (nSPS) is 16.2. The number of nitrogens with one attached hydrogen (secondary N) is 2. The zero-order valence-corrected chi connectivity index (χ0v) is 14.1. The van der Waals surface area contributed by atoms with Crippen LogP contribution in [0, 0.1) is 5.92 Å². The van der Waals surface area contributed by atoms with E-state index in [1.54, 1.807) is 18.2 Å². The summed E-state index contributed by atoms with van der Waals surface area (Å²) in [6.07, 6.45) is 6.69. The molecule has 4 heteroatoms. The Morgan fingerprint density at radius 3 is 2.48 bits per heavy atom. The molecule has 0 radical (unpaired) electrons. The predicted octanol–water partition coefficient (Wildman–Crippen LogP) is 3.91. The molecule has 2 amide bonds.